The first-order chi connectivity index (χ1) is 35.7. The van der Waals surface area contributed by atoms with Crippen LogP contribution in [0.1, 0.15) is 129 Å². The molecule has 12 nitrogen and oxygen atoms in total. The molecule has 0 radical (unpaired) electrons. The smallest absolute Gasteiger partial charge is 0.206 e. The second-order valence-corrected chi connectivity index (χ2v) is 17.9. The van der Waals surface area contributed by atoms with Crippen molar-refractivity contribution in [2.75, 3.05) is 33.4 Å². The summed E-state index contributed by atoms with van der Waals surface area (Å²) in [5, 5.41) is 15.1. The minimum atomic E-state index is -0.132. The van der Waals surface area contributed by atoms with Crippen LogP contribution in [0.5, 0.6) is 0 Å². The summed E-state index contributed by atoms with van der Waals surface area (Å²) in [5.41, 5.74) is 16.1. The van der Waals surface area contributed by atoms with Crippen molar-refractivity contribution in [2.24, 2.45) is 0 Å². The highest BCUT2D eigenvalue weighted by atomic mass is 16.3. The lowest BCUT2D eigenvalue weighted by atomic mass is 9.98. The predicted octanol–water partition coefficient (Wildman–Crippen LogP) is 10.2. The van der Waals surface area contributed by atoms with Crippen molar-refractivity contribution in [3.8, 4) is 46.1 Å². The highest BCUT2D eigenvalue weighted by Gasteiger charge is 2.23. The summed E-state index contributed by atoms with van der Waals surface area (Å²) in [5.74, 6) is 13.4. The Kier molecular flexibility index (Phi) is 27.3. The Hall–Kier alpha value is -7.22. The molecule has 5 N–H and O–H groups in total. The lowest BCUT2D eigenvalue weighted by Gasteiger charge is -2.24. The van der Waals surface area contributed by atoms with Gasteiger partial charge in [-0.05, 0) is 106 Å². The third-order valence-corrected chi connectivity index (χ3v) is 12.3. The van der Waals surface area contributed by atoms with Gasteiger partial charge in [0, 0.05) is 61.7 Å². The van der Waals surface area contributed by atoms with Crippen molar-refractivity contribution in [1.29, 1.82) is 0 Å². The van der Waals surface area contributed by atoms with E-state index in [9.17, 15) is 14.4 Å². The van der Waals surface area contributed by atoms with Crippen LogP contribution >= 0.6 is 0 Å². The summed E-state index contributed by atoms with van der Waals surface area (Å²) in [7, 11) is 5.43. The minimum Gasteiger partial charge on any atom is -0.393 e. The van der Waals surface area contributed by atoms with Gasteiger partial charge in [-0.3, -0.25) is 14.5 Å². The van der Waals surface area contributed by atoms with Gasteiger partial charge in [-0.2, -0.15) is 0 Å². The second-order valence-electron chi connectivity index (χ2n) is 17.9. The van der Waals surface area contributed by atoms with E-state index < -0.39 is 0 Å². The van der Waals surface area contributed by atoms with Crippen molar-refractivity contribution in [3.63, 3.8) is 0 Å². The molecule has 0 spiro atoms. The molecule has 2 heterocycles. The van der Waals surface area contributed by atoms with Gasteiger partial charge in [-0.25, -0.2) is 9.97 Å². The van der Waals surface area contributed by atoms with E-state index in [-0.39, 0.29) is 12.1 Å². The van der Waals surface area contributed by atoms with Crippen molar-refractivity contribution in [3.05, 3.63) is 137 Å². The summed E-state index contributed by atoms with van der Waals surface area (Å²) < 4.78 is 2.23. The zero-order valence-corrected chi connectivity index (χ0v) is 43.3. The van der Waals surface area contributed by atoms with E-state index in [1.54, 1.807) is 7.05 Å². The Bertz CT molecular complexity index is 2710. The number of aromatic nitrogens is 3. The number of nitrogens with two attached hydrogens (primary N) is 1. The maximum absolute atomic E-state index is 11.4. The first-order valence-corrected chi connectivity index (χ1v) is 25.6. The number of likely N-dealkylation sites (N-methyl/N-ethyl adjacent to an activating group) is 1. The fourth-order valence-electron chi connectivity index (χ4n) is 8.48. The van der Waals surface area contributed by atoms with Crippen LogP contribution in [0.15, 0.2) is 109 Å². The molecule has 6 aromatic rings. The summed E-state index contributed by atoms with van der Waals surface area (Å²) in [6.07, 6.45) is 18.9. The molecule has 0 saturated heterocycles. The summed E-state index contributed by atoms with van der Waals surface area (Å²) in [6.45, 7) is 4.22. The molecular formula is C61H75N7O5. The monoisotopic (exact) mass is 986 g/mol. The largest absolute Gasteiger partial charge is 0.393 e. The highest BCUT2D eigenvalue weighted by molar-refractivity contribution is 6.07. The van der Waals surface area contributed by atoms with Crippen LogP contribution < -0.4 is 16.4 Å². The number of nitrogen functional groups attached to an aromatic ring is 1. The van der Waals surface area contributed by atoms with Crippen molar-refractivity contribution < 1.29 is 24.3 Å². The lowest BCUT2D eigenvalue weighted by molar-refractivity contribution is -0.112. The number of aliphatic hydroxyl groups excluding tert-OH is 1. The number of benzene rings is 4. The van der Waals surface area contributed by atoms with Gasteiger partial charge in [-0.15, -0.1) is 0 Å². The number of hydrogen-bond donors (Lipinski definition) is 4. The van der Waals surface area contributed by atoms with E-state index in [2.05, 4.69) is 87.2 Å². The van der Waals surface area contributed by atoms with Crippen LogP contribution in [0, 0.1) is 23.7 Å². The van der Waals surface area contributed by atoms with Gasteiger partial charge in [0.2, 0.25) is 6.41 Å². The number of fused-ring (bicyclic) bond motifs is 1. The SMILES string of the molecule is CCCC(C=O)N(C)Cc1c(C#CCCCCNC)cccc1C=O.CNC=O.Nc1ncnc2c1c(-c1ccccc1)c(-c1ccccc1)n2Cc1cccc(C#CCCCCC=O)c1.OC1CCCCC1. The molecule has 1 aliphatic carbocycles. The average Bonchev–Trinajstić information content (AvgIpc) is 3.76. The molecule has 7 rings (SSSR count). The fraction of sp³-hybridized carbons (Fsp3) is 0.377. The molecule has 1 saturated carbocycles. The van der Waals surface area contributed by atoms with E-state index in [4.69, 9.17) is 20.6 Å². The number of anilines is 1. The van der Waals surface area contributed by atoms with Gasteiger partial charge in [0.05, 0.1) is 23.2 Å². The van der Waals surface area contributed by atoms with E-state index in [1.807, 2.05) is 85.7 Å². The molecule has 73 heavy (non-hydrogen) atoms. The van der Waals surface area contributed by atoms with E-state index in [1.165, 1.54) is 25.6 Å². The molecule has 384 valence electrons. The number of nitrogens with zero attached hydrogens (tertiary/aromatic N) is 4. The highest BCUT2D eigenvalue weighted by Crippen LogP contribution is 2.42. The third kappa shape index (κ3) is 19.4. The normalized spacial score (nSPS) is 12.1. The van der Waals surface area contributed by atoms with Gasteiger partial charge in [0.1, 0.15) is 36.7 Å². The van der Waals surface area contributed by atoms with Gasteiger partial charge in [0.25, 0.3) is 0 Å². The second kappa shape index (κ2) is 34.2. The van der Waals surface area contributed by atoms with Crippen LogP contribution in [-0.2, 0) is 27.5 Å². The summed E-state index contributed by atoms with van der Waals surface area (Å²) in [6, 6.07) is 34.5. The molecule has 4 aromatic carbocycles. The summed E-state index contributed by atoms with van der Waals surface area (Å²) in [4.78, 5) is 53.3. The molecule has 12 heteroatoms. The quantitative estimate of drug-likeness (QED) is 0.0328. The average molecular weight is 986 g/mol. The number of aldehydes is 3. The molecule has 2 aromatic heterocycles. The Morgan fingerprint density at radius 3 is 2.11 bits per heavy atom. The fourth-order valence-corrected chi connectivity index (χ4v) is 8.48. The number of amides is 1. The van der Waals surface area contributed by atoms with E-state index in [0.29, 0.717) is 37.3 Å². The van der Waals surface area contributed by atoms with Gasteiger partial charge < -0.3 is 35.6 Å². The number of hydrogen-bond acceptors (Lipinski definition) is 10. The zero-order chi connectivity index (χ0) is 52.5. The van der Waals surface area contributed by atoms with Crippen LogP contribution in [0.3, 0.4) is 0 Å². The Morgan fingerprint density at radius 1 is 0.822 bits per heavy atom. The molecule has 1 atom stereocenters. The number of aliphatic hydroxyl groups is 1. The molecule has 1 aliphatic rings. The number of nitrogens with one attached hydrogen (secondary N) is 2. The molecule has 1 fully saturated rings. The molecule has 1 amide bonds. The lowest BCUT2D eigenvalue weighted by Crippen LogP contribution is -2.33. The number of carbonyl (C=O) groups excluding carboxylic acids is 4. The minimum absolute atomic E-state index is 0.0359. The Morgan fingerprint density at radius 2 is 1.49 bits per heavy atom. The molecule has 1 unspecified atom stereocenters. The number of carbonyl (C=O) groups is 4. The topological polar surface area (TPSA) is 173 Å². The van der Waals surface area contributed by atoms with E-state index >= 15 is 0 Å². The third-order valence-electron chi connectivity index (χ3n) is 12.3. The zero-order valence-electron chi connectivity index (χ0n) is 43.3. The Labute approximate surface area is 433 Å². The summed E-state index contributed by atoms with van der Waals surface area (Å²) >= 11 is 0. The maximum Gasteiger partial charge on any atom is 0.206 e. The van der Waals surface area contributed by atoms with Crippen LogP contribution in [0.4, 0.5) is 5.82 Å². The predicted molar refractivity (Wildman–Crippen MR) is 297 cm³/mol. The van der Waals surface area contributed by atoms with Crippen LogP contribution in [0.25, 0.3) is 33.4 Å². The number of rotatable bonds is 20. The van der Waals surface area contributed by atoms with Crippen molar-refractivity contribution in [1.82, 2.24) is 30.1 Å². The van der Waals surface area contributed by atoms with E-state index in [0.717, 1.165) is 145 Å². The van der Waals surface area contributed by atoms with Gasteiger partial charge in [0.15, 0.2) is 0 Å². The van der Waals surface area contributed by atoms with Crippen molar-refractivity contribution >= 4 is 42.1 Å². The Balaban J connectivity index is 0.000000275. The van der Waals surface area contributed by atoms with Crippen LogP contribution in [0.2, 0.25) is 0 Å². The van der Waals surface area contributed by atoms with Gasteiger partial charge in [-0.1, -0.05) is 141 Å². The first kappa shape index (κ1) is 58.4. The van der Waals surface area contributed by atoms with Gasteiger partial charge >= 0.3 is 0 Å². The van der Waals surface area contributed by atoms with Crippen molar-refractivity contribution in [2.45, 2.75) is 122 Å². The first-order valence-electron chi connectivity index (χ1n) is 25.6. The maximum atomic E-state index is 11.4. The molecular weight excluding hydrogens is 911 g/mol. The number of unbranched alkanes of at least 4 members (excludes halogenated alkanes) is 5. The molecule has 0 bridgehead atoms. The van der Waals surface area contributed by atoms with Crippen LogP contribution in [-0.4, -0.2) is 89.6 Å². The molecule has 0 aliphatic heterocycles. The standard InChI is InChI=1S/C32H28N4O.C21H30N2O2.C6H12O.C2H5NO/c33-31-29-28(26-16-7-4-8-17-26)30(27-18-9-5-10-19-27)36(32(29)35-23-34-31)22-25-15-12-14-24(21-25)13-6-2-1-3-11-20-37;1-4-10-20(17-25)23(3)15-21-18(12-9-13-19(21)16-24)11-7-5-6-8-14-22-2;7-6-4-2-1-3-5-6;1-3-2-4/h4-5,7-10,12,14-21,23H,1-3,11,22H2,(H2,33,34,35);9,12-13,16-17,20,22H,4-6,8,10,14-15H2,1-3H3;6-7H,1-5H2;2H,1H3,(H,3,4).